The third-order valence-corrected chi connectivity index (χ3v) is 5.46. The Bertz CT molecular complexity index is 451. The molecule has 1 saturated carbocycles. The summed E-state index contributed by atoms with van der Waals surface area (Å²) in [6.07, 6.45) is 4.27. The molecule has 2 N–H and O–H groups in total. The molecule has 1 amide bonds. The van der Waals surface area contributed by atoms with E-state index in [1.54, 1.807) is 0 Å². The zero-order chi connectivity index (χ0) is 14.7. The monoisotopic (exact) mass is 308 g/mol. The van der Waals surface area contributed by atoms with Crippen LogP contribution < -0.4 is 5.32 Å². The molecule has 1 atom stereocenters. The van der Waals surface area contributed by atoms with Crippen molar-refractivity contribution in [3.05, 3.63) is 22.4 Å². The summed E-state index contributed by atoms with van der Waals surface area (Å²) in [7, 11) is 0. The second kappa shape index (κ2) is 6.90. The van der Waals surface area contributed by atoms with Crippen molar-refractivity contribution in [1.82, 2.24) is 10.2 Å². The first-order valence-corrected chi connectivity index (χ1v) is 8.83. The highest BCUT2D eigenvalue weighted by Gasteiger charge is 2.32. The zero-order valence-electron chi connectivity index (χ0n) is 12.3. The van der Waals surface area contributed by atoms with Crippen LogP contribution in [0.25, 0.3) is 0 Å². The van der Waals surface area contributed by atoms with Crippen LogP contribution in [0, 0.1) is 5.92 Å². The van der Waals surface area contributed by atoms with E-state index in [9.17, 15) is 9.90 Å². The molecule has 0 bridgehead atoms. The lowest BCUT2D eigenvalue weighted by Gasteiger charge is -2.33. The van der Waals surface area contributed by atoms with Gasteiger partial charge in [-0.15, -0.1) is 11.3 Å². The van der Waals surface area contributed by atoms with Gasteiger partial charge in [-0.25, -0.2) is 0 Å². The number of aliphatic hydroxyl groups excluding tert-OH is 1. The summed E-state index contributed by atoms with van der Waals surface area (Å²) in [5.41, 5.74) is 0. The molecule has 1 aliphatic heterocycles. The van der Waals surface area contributed by atoms with Crippen molar-refractivity contribution in [2.45, 2.75) is 44.2 Å². The van der Waals surface area contributed by atoms with Crippen LogP contribution in [0.1, 0.15) is 30.6 Å². The van der Waals surface area contributed by atoms with Gasteiger partial charge >= 0.3 is 0 Å². The second-order valence-corrected chi connectivity index (χ2v) is 7.27. The van der Waals surface area contributed by atoms with Gasteiger partial charge in [0, 0.05) is 17.5 Å². The molecule has 4 nitrogen and oxygen atoms in total. The van der Waals surface area contributed by atoms with E-state index in [0.29, 0.717) is 6.04 Å². The van der Waals surface area contributed by atoms with Gasteiger partial charge in [-0.2, -0.15) is 0 Å². The van der Waals surface area contributed by atoms with E-state index in [4.69, 9.17) is 0 Å². The summed E-state index contributed by atoms with van der Waals surface area (Å²) < 4.78 is 0. The highest BCUT2D eigenvalue weighted by Crippen LogP contribution is 2.23. The normalized spacial score (nSPS) is 22.1. The lowest BCUT2D eigenvalue weighted by molar-refractivity contribution is -0.133. The van der Waals surface area contributed by atoms with Gasteiger partial charge in [0.25, 0.3) is 0 Å². The fourth-order valence-corrected chi connectivity index (χ4v) is 3.64. The van der Waals surface area contributed by atoms with Gasteiger partial charge < -0.3 is 15.3 Å². The van der Waals surface area contributed by atoms with Gasteiger partial charge in [0.1, 0.15) is 6.10 Å². The number of amides is 1. The van der Waals surface area contributed by atoms with Gasteiger partial charge in [0.15, 0.2) is 0 Å². The molecule has 2 heterocycles. The van der Waals surface area contributed by atoms with Crippen LogP contribution >= 0.6 is 11.3 Å². The number of likely N-dealkylation sites (tertiary alicyclic amines) is 1. The maximum Gasteiger partial charge on any atom is 0.249 e. The van der Waals surface area contributed by atoms with Gasteiger partial charge in [-0.1, -0.05) is 6.07 Å². The van der Waals surface area contributed by atoms with Crippen molar-refractivity contribution in [2.24, 2.45) is 5.92 Å². The molecule has 1 aromatic rings. The third-order valence-electron chi connectivity index (χ3n) is 4.53. The predicted octanol–water partition coefficient (Wildman–Crippen LogP) is 1.64. The molecule has 0 radical (unpaired) electrons. The van der Waals surface area contributed by atoms with E-state index < -0.39 is 6.10 Å². The van der Waals surface area contributed by atoms with Crippen molar-refractivity contribution in [2.75, 3.05) is 19.6 Å². The lowest BCUT2D eigenvalue weighted by Crippen LogP contribution is -2.45. The molecule has 0 spiro atoms. The van der Waals surface area contributed by atoms with Gasteiger partial charge in [-0.05, 0) is 62.6 Å². The minimum Gasteiger partial charge on any atom is -0.383 e. The summed E-state index contributed by atoms with van der Waals surface area (Å²) in [4.78, 5) is 15.8. The molecule has 0 aromatic carbocycles. The van der Waals surface area contributed by atoms with Crippen molar-refractivity contribution in [3.8, 4) is 0 Å². The second-order valence-electron chi connectivity index (χ2n) is 6.24. The number of hydrogen-bond donors (Lipinski definition) is 2. The standard InChI is InChI=1S/C16H24N2O2S/c19-15(16(20)17-13-3-4-13)12-5-8-18(9-6-12)10-7-14-2-1-11-21-14/h1-2,11-13,15,19H,3-10H2,(H,17,20)/t15-/m1/s1. The molecule has 5 heteroatoms. The zero-order valence-corrected chi connectivity index (χ0v) is 13.1. The number of aliphatic hydroxyl groups is 1. The van der Waals surface area contributed by atoms with Crippen LogP contribution in [0.3, 0.4) is 0 Å². The Balaban J connectivity index is 1.38. The number of rotatable bonds is 6. The van der Waals surface area contributed by atoms with Crippen molar-refractivity contribution >= 4 is 17.2 Å². The summed E-state index contributed by atoms with van der Waals surface area (Å²) in [6, 6.07) is 4.61. The number of piperidine rings is 1. The smallest absolute Gasteiger partial charge is 0.249 e. The predicted molar refractivity (Wildman–Crippen MR) is 84.4 cm³/mol. The molecule has 21 heavy (non-hydrogen) atoms. The van der Waals surface area contributed by atoms with E-state index in [0.717, 1.165) is 51.7 Å². The fourth-order valence-electron chi connectivity index (χ4n) is 2.94. The number of carbonyl (C=O) groups excluding carboxylic acids is 1. The van der Waals surface area contributed by atoms with Crippen LogP contribution in [0.2, 0.25) is 0 Å². The molecular weight excluding hydrogens is 284 g/mol. The lowest BCUT2D eigenvalue weighted by atomic mass is 9.90. The average Bonchev–Trinajstić information content (AvgIpc) is 3.16. The van der Waals surface area contributed by atoms with Crippen LogP contribution in [-0.2, 0) is 11.2 Å². The third kappa shape index (κ3) is 4.28. The molecule has 1 aliphatic carbocycles. The van der Waals surface area contributed by atoms with Crippen LogP contribution in [0.15, 0.2) is 17.5 Å². The fraction of sp³-hybridized carbons (Fsp3) is 0.688. The maximum absolute atomic E-state index is 11.9. The Morgan fingerprint density at radius 1 is 1.38 bits per heavy atom. The molecular formula is C16H24N2O2S. The molecule has 0 unspecified atom stereocenters. The van der Waals surface area contributed by atoms with E-state index >= 15 is 0 Å². The highest BCUT2D eigenvalue weighted by atomic mass is 32.1. The first-order chi connectivity index (χ1) is 10.2. The van der Waals surface area contributed by atoms with Crippen molar-refractivity contribution in [1.29, 1.82) is 0 Å². The molecule has 116 valence electrons. The number of carbonyl (C=O) groups is 1. The average molecular weight is 308 g/mol. The quantitative estimate of drug-likeness (QED) is 0.840. The highest BCUT2D eigenvalue weighted by molar-refractivity contribution is 7.09. The molecule has 2 fully saturated rings. The summed E-state index contributed by atoms with van der Waals surface area (Å²) in [5.74, 6) is -0.0312. The molecule has 1 saturated heterocycles. The number of hydrogen-bond acceptors (Lipinski definition) is 4. The van der Waals surface area contributed by atoms with Crippen molar-refractivity contribution < 1.29 is 9.90 Å². The van der Waals surface area contributed by atoms with Crippen molar-refractivity contribution in [3.63, 3.8) is 0 Å². The Morgan fingerprint density at radius 3 is 2.76 bits per heavy atom. The van der Waals surface area contributed by atoms with Gasteiger partial charge in [0.05, 0.1) is 0 Å². The summed E-state index contributed by atoms with van der Waals surface area (Å²) in [6.45, 7) is 3.06. The Labute approximate surface area is 130 Å². The Morgan fingerprint density at radius 2 is 2.14 bits per heavy atom. The summed E-state index contributed by atoms with van der Waals surface area (Å²) >= 11 is 1.81. The molecule has 3 rings (SSSR count). The van der Waals surface area contributed by atoms with Gasteiger partial charge in [0.2, 0.25) is 5.91 Å². The van der Waals surface area contributed by atoms with Crippen LogP contribution in [0.4, 0.5) is 0 Å². The summed E-state index contributed by atoms with van der Waals surface area (Å²) in [5, 5.41) is 15.2. The van der Waals surface area contributed by atoms with Gasteiger partial charge in [-0.3, -0.25) is 4.79 Å². The van der Waals surface area contributed by atoms with E-state index in [2.05, 4.69) is 27.7 Å². The number of thiophene rings is 1. The number of nitrogens with one attached hydrogen (secondary N) is 1. The molecule has 1 aromatic heterocycles. The van der Waals surface area contributed by atoms with E-state index in [-0.39, 0.29) is 11.8 Å². The first kappa shape index (κ1) is 15.0. The maximum atomic E-state index is 11.9. The Kier molecular flexibility index (Phi) is 4.93. The van der Waals surface area contributed by atoms with Crippen LogP contribution in [0.5, 0.6) is 0 Å². The van der Waals surface area contributed by atoms with Crippen LogP contribution in [-0.4, -0.2) is 47.7 Å². The molecule has 2 aliphatic rings. The Hall–Kier alpha value is -0.910. The minimum absolute atomic E-state index is 0.127. The minimum atomic E-state index is -0.815. The first-order valence-electron chi connectivity index (χ1n) is 7.95. The van der Waals surface area contributed by atoms with E-state index in [1.165, 1.54) is 4.88 Å². The largest absolute Gasteiger partial charge is 0.383 e. The SMILES string of the molecule is O=C(NC1CC1)[C@H](O)C1CCN(CCc2cccs2)CC1. The van der Waals surface area contributed by atoms with E-state index in [1.807, 2.05) is 11.3 Å². The topological polar surface area (TPSA) is 52.6 Å². The number of nitrogens with zero attached hydrogens (tertiary/aromatic N) is 1.